The fourth-order valence-electron chi connectivity index (χ4n) is 2.93. The molecule has 0 radical (unpaired) electrons. The SMILES string of the molecule is CCCNc1cc(-c2ccccc2)nc(C2CCCC2)n1. The van der Waals surface area contributed by atoms with Crippen LogP contribution in [0.3, 0.4) is 0 Å². The zero-order chi connectivity index (χ0) is 14.5. The largest absolute Gasteiger partial charge is 0.370 e. The normalized spacial score (nSPS) is 15.3. The van der Waals surface area contributed by atoms with Gasteiger partial charge in [0.25, 0.3) is 0 Å². The van der Waals surface area contributed by atoms with E-state index in [1.807, 2.05) is 6.07 Å². The van der Waals surface area contributed by atoms with Crippen LogP contribution in [-0.4, -0.2) is 16.5 Å². The Hall–Kier alpha value is -1.90. The van der Waals surface area contributed by atoms with Gasteiger partial charge in [0.15, 0.2) is 0 Å². The van der Waals surface area contributed by atoms with Crippen molar-refractivity contribution < 1.29 is 0 Å². The van der Waals surface area contributed by atoms with Crippen LogP contribution in [0.4, 0.5) is 5.82 Å². The van der Waals surface area contributed by atoms with Crippen LogP contribution >= 0.6 is 0 Å². The highest BCUT2D eigenvalue weighted by atomic mass is 15.0. The van der Waals surface area contributed by atoms with E-state index < -0.39 is 0 Å². The molecule has 0 unspecified atom stereocenters. The molecule has 1 aromatic carbocycles. The quantitative estimate of drug-likeness (QED) is 0.868. The van der Waals surface area contributed by atoms with Crippen molar-refractivity contribution in [3.05, 3.63) is 42.2 Å². The van der Waals surface area contributed by atoms with E-state index in [4.69, 9.17) is 9.97 Å². The number of benzene rings is 1. The van der Waals surface area contributed by atoms with Gasteiger partial charge in [-0.05, 0) is 19.3 Å². The zero-order valence-electron chi connectivity index (χ0n) is 12.7. The Morgan fingerprint density at radius 1 is 1.10 bits per heavy atom. The van der Waals surface area contributed by atoms with E-state index >= 15 is 0 Å². The lowest BCUT2D eigenvalue weighted by atomic mass is 10.1. The first kappa shape index (κ1) is 14.1. The first-order valence-corrected chi connectivity index (χ1v) is 8.05. The van der Waals surface area contributed by atoms with Gasteiger partial charge in [0, 0.05) is 24.1 Å². The molecule has 0 spiro atoms. The first-order chi connectivity index (χ1) is 10.4. The van der Waals surface area contributed by atoms with Crippen molar-refractivity contribution >= 4 is 5.82 Å². The molecule has 1 fully saturated rings. The molecule has 3 rings (SSSR count). The van der Waals surface area contributed by atoms with Crippen molar-refractivity contribution in [3.8, 4) is 11.3 Å². The second kappa shape index (κ2) is 6.70. The fraction of sp³-hybridized carbons (Fsp3) is 0.444. The minimum Gasteiger partial charge on any atom is -0.370 e. The van der Waals surface area contributed by atoms with E-state index in [1.54, 1.807) is 0 Å². The highest BCUT2D eigenvalue weighted by molar-refractivity contribution is 5.62. The Balaban J connectivity index is 1.96. The molecule has 0 aliphatic heterocycles. The van der Waals surface area contributed by atoms with E-state index in [1.165, 1.54) is 31.2 Å². The summed E-state index contributed by atoms with van der Waals surface area (Å²) in [5, 5.41) is 3.42. The van der Waals surface area contributed by atoms with Crippen molar-refractivity contribution in [1.82, 2.24) is 9.97 Å². The smallest absolute Gasteiger partial charge is 0.134 e. The van der Waals surface area contributed by atoms with Gasteiger partial charge in [-0.15, -0.1) is 0 Å². The van der Waals surface area contributed by atoms with Crippen molar-refractivity contribution in [3.63, 3.8) is 0 Å². The van der Waals surface area contributed by atoms with Gasteiger partial charge in [0.1, 0.15) is 11.6 Å². The van der Waals surface area contributed by atoms with Crippen LogP contribution in [0.15, 0.2) is 36.4 Å². The van der Waals surface area contributed by atoms with Crippen molar-refractivity contribution in [2.75, 3.05) is 11.9 Å². The molecule has 3 nitrogen and oxygen atoms in total. The third-order valence-corrected chi connectivity index (χ3v) is 4.09. The Morgan fingerprint density at radius 2 is 1.86 bits per heavy atom. The van der Waals surface area contributed by atoms with Gasteiger partial charge in [0.2, 0.25) is 0 Å². The molecule has 1 saturated carbocycles. The maximum atomic E-state index is 4.84. The molecule has 1 N–H and O–H groups in total. The molecule has 1 aliphatic rings. The first-order valence-electron chi connectivity index (χ1n) is 8.05. The van der Waals surface area contributed by atoms with E-state index in [9.17, 15) is 0 Å². The Kier molecular flexibility index (Phi) is 4.49. The number of anilines is 1. The third kappa shape index (κ3) is 3.41. The van der Waals surface area contributed by atoms with Crippen LogP contribution in [0.1, 0.15) is 50.8 Å². The van der Waals surface area contributed by atoms with E-state index in [-0.39, 0.29) is 0 Å². The van der Waals surface area contributed by atoms with Crippen molar-refractivity contribution in [2.45, 2.75) is 44.9 Å². The second-order valence-corrected chi connectivity index (χ2v) is 5.77. The van der Waals surface area contributed by atoms with Crippen molar-refractivity contribution in [1.29, 1.82) is 0 Å². The van der Waals surface area contributed by atoms with E-state index in [2.05, 4.69) is 42.6 Å². The van der Waals surface area contributed by atoms with E-state index in [0.29, 0.717) is 5.92 Å². The summed E-state index contributed by atoms with van der Waals surface area (Å²) in [6, 6.07) is 12.5. The number of hydrogen-bond acceptors (Lipinski definition) is 3. The molecule has 21 heavy (non-hydrogen) atoms. The van der Waals surface area contributed by atoms with Crippen molar-refractivity contribution in [2.24, 2.45) is 0 Å². The molecule has 2 aromatic rings. The predicted octanol–water partition coefficient (Wildman–Crippen LogP) is 4.62. The molecule has 110 valence electrons. The predicted molar refractivity (Wildman–Crippen MR) is 87.5 cm³/mol. The van der Waals surface area contributed by atoms with Gasteiger partial charge < -0.3 is 5.32 Å². The monoisotopic (exact) mass is 281 g/mol. The Bertz CT molecular complexity index is 574. The van der Waals surface area contributed by atoms with Crippen LogP contribution in [0.5, 0.6) is 0 Å². The summed E-state index contributed by atoms with van der Waals surface area (Å²) >= 11 is 0. The second-order valence-electron chi connectivity index (χ2n) is 5.77. The minimum absolute atomic E-state index is 0.538. The topological polar surface area (TPSA) is 37.8 Å². The molecule has 3 heteroatoms. The van der Waals surface area contributed by atoms with Crippen LogP contribution in [0.25, 0.3) is 11.3 Å². The van der Waals surface area contributed by atoms with Crippen LogP contribution < -0.4 is 5.32 Å². The molecule has 0 atom stereocenters. The summed E-state index contributed by atoms with van der Waals surface area (Å²) in [7, 11) is 0. The summed E-state index contributed by atoms with van der Waals surface area (Å²) in [5.41, 5.74) is 2.20. The lowest BCUT2D eigenvalue weighted by Gasteiger charge is -2.13. The molecular weight excluding hydrogens is 258 g/mol. The minimum atomic E-state index is 0.538. The van der Waals surface area contributed by atoms with Crippen LogP contribution in [0.2, 0.25) is 0 Å². The number of nitrogens with zero attached hydrogens (tertiary/aromatic N) is 2. The number of nitrogens with one attached hydrogen (secondary N) is 1. The van der Waals surface area contributed by atoms with Crippen LogP contribution in [-0.2, 0) is 0 Å². The lowest BCUT2D eigenvalue weighted by molar-refractivity contribution is 0.669. The van der Waals surface area contributed by atoms with Gasteiger partial charge in [-0.25, -0.2) is 9.97 Å². The summed E-state index contributed by atoms with van der Waals surface area (Å²) < 4.78 is 0. The highest BCUT2D eigenvalue weighted by Gasteiger charge is 2.21. The Morgan fingerprint density at radius 3 is 2.57 bits per heavy atom. The lowest BCUT2D eigenvalue weighted by Crippen LogP contribution is -2.08. The van der Waals surface area contributed by atoms with Gasteiger partial charge in [0.05, 0.1) is 5.69 Å². The fourth-order valence-corrected chi connectivity index (χ4v) is 2.93. The average molecular weight is 281 g/mol. The molecule has 1 aliphatic carbocycles. The van der Waals surface area contributed by atoms with E-state index in [0.717, 1.165) is 30.3 Å². The zero-order valence-corrected chi connectivity index (χ0v) is 12.7. The van der Waals surface area contributed by atoms with Gasteiger partial charge in [-0.1, -0.05) is 50.1 Å². The molecule has 1 heterocycles. The van der Waals surface area contributed by atoms with Gasteiger partial charge in [-0.2, -0.15) is 0 Å². The average Bonchev–Trinajstić information content (AvgIpc) is 3.08. The summed E-state index contributed by atoms with van der Waals surface area (Å²) in [6.45, 7) is 3.12. The maximum Gasteiger partial charge on any atom is 0.134 e. The number of aromatic nitrogens is 2. The molecule has 1 aromatic heterocycles. The van der Waals surface area contributed by atoms with Gasteiger partial charge >= 0.3 is 0 Å². The van der Waals surface area contributed by atoms with Crippen LogP contribution in [0, 0.1) is 0 Å². The molecule has 0 saturated heterocycles. The molecule has 0 bridgehead atoms. The summed E-state index contributed by atoms with van der Waals surface area (Å²) in [5.74, 6) is 2.52. The molecular formula is C18H23N3. The summed E-state index contributed by atoms with van der Waals surface area (Å²) in [4.78, 5) is 9.60. The Labute approximate surface area is 126 Å². The standard InChI is InChI=1S/C18H23N3/c1-2-12-19-17-13-16(14-8-4-3-5-9-14)20-18(21-17)15-10-6-7-11-15/h3-5,8-9,13,15H,2,6-7,10-12H2,1H3,(H,19,20,21). The maximum absolute atomic E-state index is 4.84. The number of hydrogen-bond donors (Lipinski definition) is 1. The van der Waals surface area contributed by atoms with Gasteiger partial charge in [-0.3, -0.25) is 0 Å². The highest BCUT2D eigenvalue weighted by Crippen LogP contribution is 2.33. The molecule has 0 amide bonds. The third-order valence-electron chi connectivity index (χ3n) is 4.09. The summed E-state index contributed by atoms with van der Waals surface area (Å²) in [6.07, 6.45) is 6.17. The number of rotatable bonds is 5.